The fraction of sp³-hybridized carbons (Fsp3) is 0.176. The number of aromatic nitrogens is 7. The van der Waals surface area contributed by atoms with Gasteiger partial charge in [0, 0.05) is 16.8 Å². The number of hydrogen-bond donors (Lipinski definition) is 2. The first kappa shape index (κ1) is 16.6. The number of nitrogens with zero attached hydrogens (tertiary/aromatic N) is 6. The van der Waals surface area contributed by atoms with Crippen LogP contribution < -0.4 is 10.9 Å². The van der Waals surface area contributed by atoms with Gasteiger partial charge in [0.1, 0.15) is 12.7 Å². The van der Waals surface area contributed by atoms with Gasteiger partial charge in [0.15, 0.2) is 0 Å². The summed E-state index contributed by atoms with van der Waals surface area (Å²) in [6.45, 7) is 3.66. The van der Waals surface area contributed by atoms with E-state index in [9.17, 15) is 9.59 Å². The molecule has 0 unspecified atom stereocenters. The lowest BCUT2D eigenvalue weighted by Gasteiger charge is -2.05. The monoisotopic (exact) mass is 364 g/mol. The van der Waals surface area contributed by atoms with Gasteiger partial charge in [0.25, 0.3) is 17.2 Å². The number of carbonyl (C=O) groups excluding carboxylic acids is 1. The third-order valence-corrected chi connectivity index (χ3v) is 4.21. The SMILES string of the molecule is CCc1c(C)nc2nc(NC(=O)c3cccc(-n4cnnc4)c3)[nH]n2c1=O. The van der Waals surface area contributed by atoms with E-state index in [-0.39, 0.29) is 23.2 Å². The highest BCUT2D eigenvalue weighted by Crippen LogP contribution is 2.12. The predicted molar refractivity (Wildman–Crippen MR) is 97.0 cm³/mol. The van der Waals surface area contributed by atoms with Crippen LogP contribution in [0, 0.1) is 6.92 Å². The lowest BCUT2D eigenvalue weighted by Crippen LogP contribution is -2.21. The Morgan fingerprint density at radius 2 is 2.00 bits per heavy atom. The molecule has 0 saturated carbocycles. The van der Waals surface area contributed by atoms with Gasteiger partial charge in [0.2, 0.25) is 5.95 Å². The van der Waals surface area contributed by atoms with Gasteiger partial charge in [-0.05, 0) is 31.5 Å². The van der Waals surface area contributed by atoms with Crippen molar-refractivity contribution < 1.29 is 4.79 Å². The molecule has 0 atom stereocenters. The molecular weight excluding hydrogens is 348 g/mol. The number of carbonyl (C=O) groups is 1. The summed E-state index contributed by atoms with van der Waals surface area (Å²) in [5.41, 5.74) is 2.19. The Morgan fingerprint density at radius 1 is 1.22 bits per heavy atom. The van der Waals surface area contributed by atoms with E-state index in [1.807, 2.05) is 13.0 Å². The van der Waals surface area contributed by atoms with Gasteiger partial charge >= 0.3 is 0 Å². The van der Waals surface area contributed by atoms with Crippen LogP contribution in [0.3, 0.4) is 0 Å². The largest absolute Gasteiger partial charge is 0.291 e. The number of aromatic amines is 1. The molecule has 0 aliphatic carbocycles. The third-order valence-electron chi connectivity index (χ3n) is 4.21. The molecule has 4 rings (SSSR count). The first-order valence-electron chi connectivity index (χ1n) is 8.31. The van der Waals surface area contributed by atoms with Gasteiger partial charge in [0.05, 0.1) is 5.69 Å². The smallest absolute Gasteiger partial charge is 0.277 e. The van der Waals surface area contributed by atoms with Crippen LogP contribution in [-0.2, 0) is 6.42 Å². The third kappa shape index (κ3) is 2.97. The normalized spacial score (nSPS) is 11.0. The van der Waals surface area contributed by atoms with Crippen LogP contribution in [0.2, 0.25) is 0 Å². The molecule has 3 aromatic heterocycles. The van der Waals surface area contributed by atoms with E-state index in [0.29, 0.717) is 23.2 Å². The van der Waals surface area contributed by atoms with Gasteiger partial charge in [-0.2, -0.15) is 9.50 Å². The van der Waals surface area contributed by atoms with Crippen LogP contribution in [0.1, 0.15) is 28.5 Å². The Bertz CT molecular complexity index is 1190. The van der Waals surface area contributed by atoms with Gasteiger partial charge in [-0.3, -0.25) is 24.6 Å². The highest BCUT2D eigenvalue weighted by atomic mass is 16.2. The first-order chi connectivity index (χ1) is 13.1. The molecule has 0 aliphatic rings. The summed E-state index contributed by atoms with van der Waals surface area (Å²) in [6.07, 6.45) is 3.65. The molecule has 1 aromatic carbocycles. The number of fused-ring (bicyclic) bond motifs is 1. The second kappa shape index (κ2) is 6.48. The summed E-state index contributed by atoms with van der Waals surface area (Å²) in [4.78, 5) is 33.5. The van der Waals surface area contributed by atoms with E-state index in [2.05, 4.69) is 30.6 Å². The van der Waals surface area contributed by atoms with E-state index in [0.717, 1.165) is 5.69 Å². The van der Waals surface area contributed by atoms with Crippen LogP contribution in [0.25, 0.3) is 11.5 Å². The van der Waals surface area contributed by atoms with E-state index >= 15 is 0 Å². The van der Waals surface area contributed by atoms with Crippen molar-refractivity contribution in [2.24, 2.45) is 0 Å². The number of hydrogen-bond acceptors (Lipinski definition) is 6. The first-order valence-corrected chi connectivity index (χ1v) is 8.31. The molecule has 10 heteroatoms. The molecule has 1 amide bonds. The Balaban J connectivity index is 1.64. The maximum absolute atomic E-state index is 12.6. The van der Waals surface area contributed by atoms with Crippen LogP contribution in [-0.4, -0.2) is 40.3 Å². The summed E-state index contributed by atoms with van der Waals surface area (Å²) >= 11 is 0. The second-order valence-electron chi connectivity index (χ2n) is 5.92. The highest BCUT2D eigenvalue weighted by Gasteiger charge is 2.14. The zero-order valence-electron chi connectivity index (χ0n) is 14.7. The Morgan fingerprint density at radius 3 is 2.74 bits per heavy atom. The fourth-order valence-electron chi connectivity index (χ4n) is 2.84. The quantitative estimate of drug-likeness (QED) is 0.559. The van der Waals surface area contributed by atoms with Crippen LogP contribution >= 0.6 is 0 Å². The zero-order chi connectivity index (χ0) is 19.0. The van der Waals surface area contributed by atoms with Crippen molar-refractivity contribution in [3.05, 3.63) is 64.1 Å². The van der Waals surface area contributed by atoms with Crippen LogP contribution in [0.4, 0.5) is 5.95 Å². The Labute approximate surface area is 152 Å². The van der Waals surface area contributed by atoms with Crippen molar-refractivity contribution in [1.82, 2.24) is 34.3 Å². The molecule has 2 N–H and O–H groups in total. The van der Waals surface area contributed by atoms with Gasteiger partial charge in [-0.25, -0.2) is 4.98 Å². The van der Waals surface area contributed by atoms with Gasteiger partial charge < -0.3 is 0 Å². The molecular formula is C17H16N8O2. The number of rotatable bonds is 4. The molecule has 0 saturated heterocycles. The molecule has 136 valence electrons. The standard InChI is InChI=1S/C17H16N8O2/c1-3-13-10(2)20-17-22-16(23-25(17)15(13)27)21-14(26)11-5-4-6-12(7-11)24-8-18-19-9-24/h4-9H,3H2,1-2H3,(H2,20,21,22,23,26). The summed E-state index contributed by atoms with van der Waals surface area (Å²) < 4.78 is 2.92. The maximum atomic E-state index is 12.6. The van der Waals surface area contributed by atoms with E-state index in [4.69, 9.17) is 0 Å². The zero-order valence-corrected chi connectivity index (χ0v) is 14.7. The summed E-state index contributed by atoms with van der Waals surface area (Å²) in [6, 6.07) is 6.96. The molecule has 0 radical (unpaired) electrons. The Hall–Kier alpha value is -3.82. The summed E-state index contributed by atoms with van der Waals surface area (Å²) in [5, 5.41) is 12.9. The molecule has 0 spiro atoms. The molecule has 4 aromatic rings. The van der Waals surface area contributed by atoms with E-state index < -0.39 is 0 Å². The summed E-state index contributed by atoms with van der Waals surface area (Å²) in [7, 11) is 0. The topological polar surface area (TPSA) is 123 Å². The average molecular weight is 364 g/mol. The number of benzene rings is 1. The van der Waals surface area contributed by atoms with Crippen LogP contribution in [0.5, 0.6) is 0 Å². The lowest BCUT2D eigenvalue weighted by molar-refractivity contribution is 0.102. The van der Waals surface area contributed by atoms with Crippen molar-refractivity contribution in [1.29, 1.82) is 0 Å². The highest BCUT2D eigenvalue weighted by molar-refractivity contribution is 6.03. The minimum absolute atomic E-state index is 0.145. The number of aryl methyl sites for hydroxylation is 1. The minimum atomic E-state index is -0.371. The van der Waals surface area contributed by atoms with Gasteiger partial charge in [-0.15, -0.1) is 10.2 Å². The average Bonchev–Trinajstić information content (AvgIpc) is 3.32. The van der Waals surface area contributed by atoms with Crippen molar-refractivity contribution in [3.8, 4) is 5.69 Å². The van der Waals surface area contributed by atoms with Crippen molar-refractivity contribution in [2.75, 3.05) is 5.32 Å². The number of H-pyrrole nitrogens is 1. The number of amides is 1. The molecule has 10 nitrogen and oxygen atoms in total. The number of anilines is 1. The van der Waals surface area contributed by atoms with Gasteiger partial charge in [-0.1, -0.05) is 13.0 Å². The van der Waals surface area contributed by atoms with Crippen molar-refractivity contribution in [3.63, 3.8) is 0 Å². The van der Waals surface area contributed by atoms with Crippen molar-refractivity contribution >= 4 is 17.6 Å². The molecule has 0 fully saturated rings. The Kier molecular flexibility index (Phi) is 3.99. The maximum Gasteiger partial charge on any atom is 0.277 e. The van der Waals surface area contributed by atoms with E-state index in [1.165, 1.54) is 4.52 Å². The predicted octanol–water partition coefficient (Wildman–Crippen LogP) is 1.12. The summed E-state index contributed by atoms with van der Waals surface area (Å²) in [5.74, 6) is -0.0142. The second-order valence-corrected chi connectivity index (χ2v) is 5.92. The molecule has 27 heavy (non-hydrogen) atoms. The molecule has 0 aliphatic heterocycles. The fourth-order valence-corrected chi connectivity index (χ4v) is 2.84. The lowest BCUT2D eigenvalue weighted by atomic mass is 10.2. The molecule has 0 bridgehead atoms. The number of nitrogens with one attached hydrogen (secondary N) is 2. The van der Waals surface area contributed by atoms with E-state index in [1.54, 1.807) is 42.3 Å². The van der Waals surface area contributed by atoms with Crippen molar-refractivity contribution in [2.45, 2.75) is 20.3 Å². The van der Waals surface area contributed by atoms with Crippen LogP contribution in [0.15, 0.2) is 41.7 Å². The molecule has 3 heterocycles. The minimum Gasteiger partial charge on any atom is -0.291 e.